The van der Waals surface area contributed by atoms with E-state index in [0.29, 0.717) is 0 Å². The molecule has 0 aromatic heterocycles. The van der Waals surface area contributed by atoms with Crippen LogP contribution in [0.2, 0.25) is 0 Å². The predicted octanol–water partition coefficient (Wildman–Crippen LogP) is 3.98. The molecular formula is C21H17NO2. The second-order valence-electron chi connectivity index (χ2n) is 5.85. The Morgan fingerprint density at radius 2 is 1.54 bits per heavy atom. The van der Waals surface area contributed by atoms with E-state index in [1.54, 1.807) is 7.11 Å². The van der Waals surface area contributed by atoms with E-state index in [1.807, 2.05) is 78.9 Å². The van der Waals surface area contributed by atoms with Crippen molar-refractivity contribution in [2.45, 2.75) is 5.41 Å². The van der Waals surface area contributed by atoms with Gasteiger partial charge in [0.25, 0.3) is 0 Å². The second-order valence-corrected chi connectivity index (χ2v) is 5.85. The van der Waals surface area contributed by atoms with Gasteiger partial charge >= 0.3 is 0 Å². The maximum absolute atomic E-state index is 13.2. The molecule has 0 fully saturated rings. The van der Waals surface area contributed by atoms with Crippen molar-refractivity contribution in [1.82, 2.24) is 0 Å². The van der Waals surface area contributed by atoms with E-state index in [0.717, 1.165) is 28.1 Å². The van der Waals surface area contributed by atoms with Crippen molar-refractivity contribution in [3.05, 3.63) is 95.6 Å². The molecule has 0 aliphatic carbocycles. The van der Waals surface area contributed by atoms with Crippen LogP contribution >= 0.6 is 0 Å². The molecule has 3 nitrogen and oxygen atoms in total. The molecule has 1 amide bonds. The third-order valence-electron chi connectivity index (χ3n) is 4.63. The molecular weight excluding hydrogens is 298 g/mol. The summed E-state index contributed by atoms with van der Waals surface area (Å²) < 4.78 is 5.39. The van der Waals surface area contributed by atoms with Gasteiger partial charge in [0.15, 0.2) is 0 Å². The molecule has 1 aliphatic heterocycles. The van der Waals surface area contributed by atoms with Crippen molar-refractivity contribution in [2.75, 3.05) is 12.4 Å². The van der Waals surface area contributed by atoms with Crippen molar-refractivity contribution in [3.63, 3.8) is 0 Å². The largest absolute Gasteiger partial charge is 0.497 e. The average molecular weight is 315 g/mol. The fraction of sp³-hybridized carbons (Fsp3) is 0.0952. The lowest BCUT2D eigenvalue weighted by molar-refractivity contribution is -0.118. The van der Waals surface area contributed by atoms with Crippen LogP contribution in [0.25, 0.3) is 0 Å². The Morgan fingerprint density at radius 1 is 0.833 bits per heavy atom. The summed E-state index contributed by atoms with van der Waals surface area (Å²) in [4.78, 5) is 13.2. The number of anilines is 1. The summed E-state index contributed by atoms with van der Waals surface area (Å²) in [6.45, 7) is 0. The molecule has 1 N–H and O–H groups in total. The van der Waals surface area contributed by atoms with Crippen LogP contribution in [0, 0.1) is 0 Å². The molecule has 1 aliphatic rings. The van der Waals surface area contributed by atoms with E-state index < -0.39 is 5.41 Å². The first kappa shape index (κ1) is 14.5. The van der Waals surface area contributed by atoms with Crippen LogP contribution < -0.4 is 10.1 Å². The number of rotatable bonds is 3. The Labute approximate surface area is 140 Å². The zero-order valence-electron chi connectivity index (χ0n) is 13.3. The first-order valence-electron chi connectivity index (χ1n) is 7.88. The highest BCUT2D eigenvalue weighted by atomic mass is 16.5. The minimum Gasteiger partial charge on any atom is -0.497 e. The minimum atomic E-state index is -0.869. The first-order valence-corrected chi connectivity index (χ1v) is 7.88. The monoisotopic (exact) mass is 315 g/mol. The summed E-state index contributed by atoms with van der Waals surface area (Å²) in [7, 11) is 1.64. The number of fused-ring (bicyclic) bond motifs is 1. The Kier molecular flexibility index (Phi) is 3.35. The molecule has 0 radical (unpaired) electrons. The molecule has 3 heteroatoms. The number of hydrogen-bond acceptors (Lipinski definition) is 2. The minimum absolute atomic E-state index is 0.0387. The van der Waals surface area contributed by atoms with Crippen LogP contribution in [0.15, 0.2) is 78.9 Å². The molecule has 4 rings (SSSR count). The van der Waals surface area contributed by atoms with E-state index in [-0.39, 0.29) is 5.91 Å². The topological polar surface area (TPSA) is 38.3 Å². The molecule has 3 aromatic rings. The van der Waals surface area contributed by atoms with Crippen LogP contribution in [0.3, 0.4) is 0 Å². The summed E-state index contributed by atoms with van der Waals surface area (Å²) in [6.07, 6.45) is 0. The van der Waals surface area contributed by atoms with E-state index in [1.165, 1.54) is 0 Å². The lowest BCUT2D eigenvalue weighted by atomic mass is 9.70. The van der Waals surface area contributed by atoms with E-state index in [9.17, 15) is 4.79 Å². The highest BCUT2D eigenvalue weighted by Crippen LogP contribution is 2.47. The standard InChI is InChI=1S/C21H17NO2/c1-24-17-11-7-10-16(14-17)21(15-8-3-2-4-9-15)18-12-5-6-13-19(18)22-20(21)23/h2-14H,1H3,(H,22,23). The van der Waals surface area contributed by atoms with Crippen LogP contribution in [0.5, 0.6) is 5.75 Å². The number of methoxy groups -OCH3 is 1. The Hall–Kier alpha value is -3.07. The van der Waals surface area contributed by atoms with Gasteiger partial charge in [0, 0.05) is 11.3 Å². The average Bonchev–Trinajstić information content (AvgIpc) is 2.95. The summed E-state index contributed by atoms with van der Waals surface area (Å²) in [6, 6.07) is 25.5. The zero-order chi connectivity index (χ0) is 16.6. The van der Waals surface area contributed by atoms with Gasteiger partial charge in [-0.3, -0.25) is 4.79 Å². The van der Waals surface area contributed by atoms with Crippen molar-refractivity contribution < 1.29 is 9.53 Å². The quantitative estimate of drug-likeness (QED) is 0.794. The highest BCUT2D eigenvalue weighted by molar-refractivity contribution is 6.11. The van der Waals surface area contributed by atoms with Gasteiger partial charge in [-0.2, -0.15) is 0 Å². The van der Waals surface area contributed by atoms with Crippen molar-refractivity contribution in [1.29, 1.82) is 0 Å². The van der Waals surface area contributed by atoms with Gasteiger partial charge in [-0.15, -0.1) is 0 Å². The van der Waals surface area contributed by atoms with Crippen LogP contribution in [0.1, 0.15) is 16.7 Å². The summed E-state index contributed by atoms with van der Waals surface area (Å²) in [5.74, 6) is 0.697. The van der Waals surface area contributed by atoms with E-state index in [2.05, 4.69) is 5.32 Å². The molecule has 0 saturated heterocycles. The maximum Gasteiger partial charge on any atom is 0.244 e. The molecule has 0 saturated carbocycles. The first-order chi connectivity index (χ1) is 11.8. The van der Waals surface area contributed by atoms with Gasteiger partial charge in [0.05, 0.1) is 7.11 Å². The van der Waals surface area contributed by atoms with Gasteiger partial charge in [-0.1, -0.05) is 60.7 Å². The number of amides is 1. The van der Waals surface area contributed by atoms with Crippen LogP contribution in [0.4, 0.5) is 5.69 Å². The number of carbonyl (C=O) groups is 1. The van der Waals surface area contributed by atoms with Crippen molar-refractivity contribution >= 4 is 11.6 Å². The third kappa shape index (κ3) is 1.95. The predicted molar refractivity (Wildman–Crippen MR) is 94.4 cm³/mol. The Morgan fingerprint density at radius 3 is 2.33 bits per heavy atom. The fourth-order valence-corrected chi connectivity index (χ4v) is 3.54. The smallest absolute Gasteiger partial charge is 0.244 e. The number of nitrogens with one attached hydrogen (secondary N) is 1. The van der Waals surface area contributed by atoms with Crippen molar-refractivity contribution in [2.24, 2.45) is 0 Å². The molecule has 1 heterocycles. The molecule has 1 unspecified atom stereocenters. The van der Waals surface area contributed by atoms with Gasteiger partial charge in [-0.05, 0) is 29.3 Å². The number of carbonyl (C=O) groups excluding carboxylic acids is 1. The fourth-order valence-electron chi connectivity index (χ4n) is 3.54. The third-order valence-corrected chi connectivity index (χ3v) is 4.63. The molecule has 0 spiro atoms. The number of hydrogen-bond donors (Lipinski definition) is 1. The number of benzene rings is 3. The summed E-state index contributed by atoms with van der Waals surface area (Å²) >= 11 is 0. The van der Waals surface area contributed by atoms with Gasteiger partial charge in [0.1, 0.15) is 11.2 Å². The van der Waals surface area contributed by atoms with Gasteiger partial charge in [0.2, 0.25) is 5.91 Å². The van der Waals surface area contributed by atoms with Gasteiger partial charge in [-0.25, -0.2) is 0 Å². The molecule has 3 aromatic carbocycles. The van der Waals surface area contributed by atoms with E-state index >= 15 is 0 Å². The van der Waals surface area contributed by atoms with Gasteiger partial charge < -0.3 is 10.1 Å². The Balaban J connectivity index is 2.07. The second kappa shape index (κ2) is 5.53. The lowest BCUT2D eigenvalue weighted by Crippen LogP contribution is -2.37. The lowest BCUT2D eigenvalue weighted by Gasteiger charge is -2.29. The summed E-state index contributed by atoms with van der Waals surface area (Å²) in [5.41, 5.74) is 2.80. The highest BCUT2D eigenvalue weighted by Gasteiger charge is 2.49. The SMILES string of the molecule is COc1cccc(C2(c3ccccc3)C(=O)Nc3ccccc32)c1. The molecule has 0 bridgehead atoms. The Bertz CT molecular complexity index is 904. The van der Waals surface area contributed by atoms with Crippen LogP contribution in [-0.4, -0.2) is 13.0 Å². The maximum atomic E-state index is 13.2. The number of ether oxygens (including phenoxy) is 1. The van der Waals surface area contributed by atoms with Crippen molar-refractivity contribution in [3.8, 4) is 5.75 Å². The van der Waals surface area contributed by atoms with E-state index in [4.69, 9.17) is 4.74 Å². The molecule has 24 heavy (non-hydrogen) atoms. The molecule has 1 atom stereocenters. The molecule has 118 valence electrons. The van der Waals surface area contributed by atoms with Crippen LogP contribution in [-0.2, 0) is 10.2 Å². The normalized spacial score (nSPS) is 18.8. The zero-order valence-corrected chi connectivity index (χ0v) is 13.3. The summed E-state index contributed by atoms with van der Waals surface area (Å²) in [5, 5.41) is 3.04. The number of para-hydroxylation sites is 1.